The molecule has 4 saturated carbocycles. The number of hydrogen-bond acceptors (Lipinski definition) is 4. The number of fused-ring (bicyclic) bond motifs is 7. The lowest BCUT2D eigenvalue weighted by molar-refractivity contribution is -0.273. The molecule has 0 radical (unpaired) electrons. The summed E-state index contributed by atoms with van der Waals surface area (Å²) in [6.07, 6.45) is 9.58. The molecule has 2 aliphatic heterocycles. The summed E-state index contributed by atoms with van der Waals surface area (Å²) >= 11 is 0. The molecule has 13 atom stereocenters. The van der Waals surface area contributed by atoms with Crippen LogP contribution in [0.5, 0.6) is 0 Å². The van der Waals surface area contributed by atoms with E-state index in [0.717, 1.165) is 45.1 Å². The minimum absolute atomic E-state index is 0.191. The summed E-state index contributed by atoms with van der Waals surface area (Å²) < 4.78 is 13.3. The summed E-state index contributed by atoms with van der Waals surface area (Å²) in [7, 11) is 0. The van der Waals surface area contributed by atoms with Crippen molar-refractivity contribution in [2.24, 2.45) is 52.3 Å². The van der Waals surface area contributed by atoms with Crippen molar-refractivity contribution >= 4 is 0 Å². The van der Waals surface area contributed by atoms with Crippen LogP contribution in [0.25, 0.3) is 0 Å². The van der Waals surface area contributed by atoms with Crippen LogP contribution in [0.2, 0.25) is 0 Å². The van der Waals surface area contributed by atoms with Gasteiger partial charge >= 0.3 is 0 Å². The molecule has 6 aliphatic rings. The quantitative estimate of drug-likeness (QED) is 0.579. The topological polar surface area (TPSA) is 58.9 Å². The Kier molecular flexibility index (Phi) is 4.78. The van der Waals surface area contributed by atoms with Gasteiger partial charge in [0.2, 0.25) is 0 Å². The fourth-order valence-corrected chi connectivity index (χ4v) is 10.3. The summed E-state index contributed by atoms with van der Waals surface area (Å²) in [4.78, 5) is 0. The molecule has 11 unspecified atom stereocenters. The molecule has 0 aromatic rings. The Balaban J connectivity index is 1.28. The molecule has 0 aromatic heterocycles. The van der Waals surface area contributed by atoms with Crippen molar-refractivity contribution in [2.75, 3.05) is 6.61 Å². The third-order valence-corrected chi connectivity index (χ3v) is 11.9. The maximum Gasteiger partial charge on any atom is 0.171 e. The van der Waals surface area contributed by atoms with Crippen molar-refractivity contribution in [3.05, 3.63) is 0 Å². The molecule has 6 fully saturated rings. The van der Waals surface area contributed by atoms with E-state index in [1.807, 2.05) is 0 Å². The van der Waals surface area contributed by atoms with Gasteiger partial charge in [-0.05, 0) is 97.7 Å². The molecule has 1 spiro atoms. The SMILES string of the molecule is CC1CC[C@]2(OC1)OC1CC3C4CC(O)C5CC(O)CCC5(C)C4CCC3(C)C1[C@@H]2C. The van der Waals surface area contributed by atoms with Crippen molar-refractivity contribution < 1.29 is 19.7 Å². The molecule has 4 nitrogen and oxygen atoms in total. The van der Waals surface area contributed by atoms with Gasteiger partial charge < -0.3 is 19.7 Å². The maximum absolute atomic E-state index is 11.2. The average Bonchev–Trinajstić information content (AvgIpc) is 3.17. The Morgan fingerprint density at radius 1 is 0.806 bits per heavy atom. The van der Waals surface area contributed by atoms with E-state index in [9.17, 15) is 10.2 Å². The smallest absolute Gasteiger partial charge is 0.171 e. The second-order valence-electron chi connectivity index (χ2n) is 13.2. The van der Waals surface area contributed by atoms with E-state index in [1.165, 1.54) is 19.3 Å². The first-order valence-electron chi connectivity index (χ1n) is 13.4. The molecule has 4 heteroatoms. The van der Waals surface area contributed by atoms with Crippen molar-refractivity contribution in [3.63, 3.8) is 0 Å². The van der Waals surface area contributed by atoms with Gasteiger partial charge in [-0.2, -0.15) is 0 Å². The molecular weight excluding hydrogens is 388 g/mol. The zero-order valence-electron chi connectivity index (χ0n) is 20.1. The normalized spacial score (nSPS) is 63.3. The van der Waals surface area contributed by atoms with Crippen molar-refractivity contribution in [2.45, 2.75) is 110 Å². The predicted molar refractivity (Wildman–Crippen MR) is 119 cm³/mol. The number of aliphatic hydroxyl groups excluding tert-OH is 2. The van der Waals surface area contributed by atoms with Crippen LogP contribution < -0.4 is 0 Å². The summed E-state index contributed by atoms with van der Waals surface area (Å²) in [6, 6.07) is 0. The van der Waals surface area contributed by atoms with Crippen LogP contribution in [0.3, 0.4) is 0 Å². The van der Waals surface area contributed by atoms with E-state index in [-0.39, 0.29) is 29.3 Å². The predicted octanol–water partition coefficient (Wildman–Crippen LogP) is 4.76. The fourth-order valence-electron chi connectivity index (χ4n) is 10.3. The van der Waals surface area contributed by atoms with Crippen LogP contribution in [-0.2, 0) is 9.47 Å². The van der Waals surface area contributed by atoms with E-state index >= 15 is 0 Å². The van der Waals surface area contributed by atoms with Gasteiger partial charge in [-0.1, -0.05) is 27.7 Å². The second-order valence-corrected chi connectivity index (χ2v) is 13.2. The van der Waals surface area contributed by atoms with Gasteiger partial charge in [0, 0.05) is 12.3 Å². The highest BCUT2D eigenvalue weighted by molar-refractivity contribution is 5.16. The highest BCUT2D eigenvalue weighted by Crippen LogP contribution is 2.71. The number of ether oxygens (including phenoxy) is 2. The Labute approximate surface area is 188 Å². The number of aliphatic hydroxyl groups is 2. The van der Waals surface area contributed by atoms with Gasteiger partial charge in [0.25, 0.3) is 0 Å². The molecule has 176 valence electrons. The highest BCUT2D eigenvalue weighted by Gasteiger charge is 2.69. The molecular formula is C27H44O4. The van der Waals surface area contributed by atoms with E-state index in [2.05, 4.69) is 27.7 Å². The van der Waals surface area contributed by atoms with Crippen LogP contribution in [-0.4, -0.2) is 40.9 Å². The van der Waals surface area contributed by atoms with Crippen LogP contribution in [0.15, 0.2) is 0 Å². The summed E-state index contributed by atoms with van der Waals surface area (Å²) in [6.45, 7) is 10.6. The molecule has 2 saturated heterocycles. The van der Waals surface area contributed by atoms with Crippen molar-refractivity contribution in [3.8, 4) is 0 Å². The summed E-state index contributed by atoms with van der Waals surface area (Å²) in [5.41, 5.74) is 0.495. The standard InChI is InChI=1S/C27H44O4/c1-15-5-10-27(30-14-15)16(2)24-23(31-27)13-20-18-12-22(29)21-11-17(28)6-8-25(21,3)19(18)7-9-26(20,24)4/h15-24,28-29H,5-14H2,1-4H3/t15?,16-,17?,18?,19?,20?,21?,22?,23?,24?,25?,26?,27-/m0/s1. The lowest BCUT2D eigenvalue weighted by atomic mass is 9.43. The Hall–Kier alpha value is -0.160. The van der Waals surface area contributed by atoms with Gasteiger partial charge in [0.1, 0.15) is 0 Å². The zero-order chi connectivity index (χ0) is 21.8. The molecule has 6 rings (SSSR count). The Bertz CT molecular complexity index is 716. The minimum atomic E-state index is -0.338. The van der Waals surface area contributed by atoms with Crippen molar-refractivity contribution in [1.82, 2.24) is 0 Å². The van der Waals surface area contributed by atoms with E-state index in [0.29, 0.717) is 47.0 Å². The highest BCUT2D eigenvalue weighted by atomic mass is 16.7. The van der Waals surface area contributed by atoms with Gasteiger partial charge in [0.05, 0.1) is 24.9 Å². The number of hydrogen-bond donors (Lipinski definition) is 2. The average molecular weight is 433 g/mol. The van der Waals surface area contributed by atoms with Crippen LogP contribution in [0.1, 0.15) is 85.5 Å². The third kappa shape index (κ3) is 2.80. The first kappa shape index (κ1) is 21.4. The molecule has 2 N–H and O–H groups in total. The first-order valence-corrected chi connectivity index (χ1v) is 13.4. The van der Waals surface area contributed by atoms with Gasteiger partial charge in [-0.3, -0.25) is 0 Å². The lowest BCUT2D eigenvalue weighted by Gasteiger charge is -2.62. The first-order chi connectivity index (χ1) is 14.7. The van der Waals surface area contributed by atoms with Gasteiger partial charge in [0.15, 0.2) is 5.79 Å². The van der Waals surface area contributed by atoms with Crippen LogP contribution in [0.4, 0.5) is 0 Å². The molecule has 0 amide bonds. The zero-order valence-corrected chi connectivity index (χ0v) is 20.1. The summed E-state index contributed by atoms with van der Waals surface area (Å²) in [5.74, 6) is 3.58. The second kappa shape index (κ2) is 6.93. The van der Waals surface area contributed by atoms with E-state index < -0.39 is 0 Å². The minimum Gasteiger partial charge on any atom is -0.393 e. The van der Waals surface area contributed by atoms with Crippen LogP contribution in [0, 0.1) is 52.3 Å². The lowest BCUT2D eigenvalue weighted by Crippen LogP contribution is -2.58. The molecule has 31 heavy (non-hydrogen) atoms. The Morgan fingerprint density at radius 3 is 2.32 bits per heavy atom. The van der Waals surface area contributed by atoms with Gasteiger partial charge in [-0.15, -0.1) is 0 Å². The van der Waals surface area contributed by atoms with Gasteiger partial charge in [-0.25, -0.2) is 0 Å². The summed E-state index contributed by atoms with van der Waals surface area (Å²) in [5, 5.41) is 21.5. The largest absolute Gasteiger partial charge is 0.393 e. The fraction of sp³-hybridized carbons (Fsp3) is 1.00. The molecule has 0 aromatic carbocycles. The monoisotopic (exact) mass is 432 g/mol. The third-order valence-electron chi connectivity index (χ3n) is 11.9. The molecule has 2 heterocycles. The van der Waals surface area contributed by atoms with Crippen molar-refractivity contribution in [1.29, 1.82) is 0 Å². The maximum atomic E-state index is 11.2. The molecule has 4 aliphatic carbocycles. The number of rotatable bonds is 0. The van der Waals surface area contributed by atoms with E-state index in [4.69, 9.17) is 9.47 Å². The van der Waals surface area contributed by atoms with E-state index in [1.54, 1.807) is 0 Å². The van der Waals surface area contributed by atoms with Crippen LogP contribution >= 0.6 is 0 Å². The Morgan fingerprint density at radius 2 is 1.58 bits per heavy atom. The molecule has 0 bridgehead atoms.